The van der Waals surface area contributed by atoms with Crippen molar-refractivity contribution in [2.45, 2.75) is 12.4 Å². The summed E-state index contributed by atoms with van der Waals surface area (Å²) in [4.78, 5) is 25.1. The summed E-state index contributed by atoms with van der Waals surface area (Å²) >= 11 is 5.70. The van der Waals surface area contributed by atoms with Gasteiger partial charge >= 0.3 is 18.5 Å². The van der Waals surface area contributed by atoms with E-state index in [0.717, 1.165) is 18.2 Å². The van der Waals surface area contributed by atoms with E-state index in [0.29, 0.717) is 28.7 Å². The Morgan fingerprint density at radius 3 is 2.30 bits per heavy atom. The predicted octanol–water partition coefficient (Wildman–Crippen LogP) is 8.30. The van der Waals surface area contributed by atoms with Crippen molar-refractivity contribution in [3.8, 4) is 22.6 Å². The molecule has 1 aliphatic heterocycles. The Morgan fingerprint density at radius 1 is 0.886 bits per heavy atom. The van der Waals surface area contributed by atoms with Crippen molar-refractivity contribution in [3.05, 3.63) is 101 Å². The molecule has 1 aliphatic rings. The van der Waals surface area contributed by atoms with Gasteiger partial charge in [0, 0.05) is 11.1 Å². The quantitative estimate of drug-likeness (QED) is 0.0669. The smallest absolute Gasteiger partial charge is 0.505 e. The monoisotopic (exact) mass is 635 g/mol. The molecule has 0 fully saturated rings. The zero-order valence-electron chi connectivity index (χ0n) is 21.7. The number of amides is 1. The fourth-order valence-electron chi connectivity index (χ4n) is 4.47. The lowest BCUT2D eigenvalue weighted by Gasteiger charge is -2.20. The van der Waals surface area contributed by atoms with E-state index in [9.17, 15) is 41.0 Å². The van der Waals surface area contributed by atoms with Crippen LogP contribution >= 0.6 is 11.6 Å². The number of anilines is 3. The van der Waals surface area contributed by atoms with Crippen molar-refractivity contribution in [2.24, 2.45) is 5.10 Å². The summed E-state index contributed by atoms with van der Waals surface area (Å²) < 4.78 is 86.0. The van der Waals surface area contributed by atoms with Gasteiger partial charge in [-0.1, -0.05) is 35.9 Å². The number of hydrazone groups is 1. The number of ether oxygens (including phenoxy) is 1. The summed E-state index contributed by atoms with van der Waals surface area (Å²) in [6, 6.07) is 14.8. The van der Waals surface area contributed by atoms with E-state index in [1.807, 2.05) is 0 Å². The van der Waals surface area contributed by atoms with E-state index in [4.69, 9.17) is 16.7 Å². The molecule has 1 heterocycles. The topological polar surface area (TPSA) is 111 Å². The summed E-state index contributed by atoms with van der Waals surface area (Å²) in [6.07, 6.45) is -11.3. The minimum Gasteiger partial charge on any atom is -0.505 e. The van der Waals surface area contributed by atoms with E-state index >= 15 is 0 Å². The number of phenolic OH excluding ortho intramolecular Hbond substituents is 1. The highest BCUT2D eigenvalue weighted by Crippen LogP contribution is 2.44. The van der Waals surface area contributed by atoms with Crippen LogP contribution in [0, 0.1) is 0 Å². The summed E-state index contributed by atoms with van der Waals surface area (Å²) in [7, 11) is 0. The van der Waals surface area contributed by atoms with Gasteiger partial charge in [-0.25, -0.2) is 4.79 Å². The number of hydrogen-bond donors (Lipinski definition) is 3. The van der Waals surface area contributed by atoms with Crippen molar-refractivity contribution in [2.75, 3.05) is 10.3 Å². The van der Waals surface area contributed by atoms with E-state index in [1.54, 1.807) is 6.07 Å². The zero-order chi connectivity index (χ0) is 32.0. The molecule has 0 bridgehead atoms. The van der Waals surface area contributed by atoms with Crippen LogP contribution in [-0.4, -0.2) is 28.0 Å². The Balaban J connectivity index is 1.57. The minimum atomic E-state index is -4.92. The maximum Gasteiger partial charge on any atom is 0.511 e. The number of hydrogen-bond acceptors (Lipinski definition) is 6. The van der Waals surface area contributed by atoms with Crippen LogP contribution in [0.25, 0.3) is 11.1 Å². The number of carboxylic acid groups (broad SMARTS) is 1. The lowest BCUT2D eigenvalue weighted by Crippen LogP contribution is -2.26. The van der Waals surface area contributed by atoms with Crippen LogP contribution in [0.2, 0.25) is 5.02 Å². The molecule has 1 amide bonds. The van der Waals surface area contributed by atoms with E-state index in [1.165, 1.54) is 36.4 Å². The first-order valence-corrected chi connectivity index (χ1v) is 12.6. The fraction of sp³-hybridized carbons (Fsp3) is 0.0690. The van der Waals surface area contributed by atoms with Gasteiger partial charge in [0.05, 0.1) is 33.2 Å². The van der Waals surface area contributed by atoms with Crippen molar-refractivity contribution in [1.29, 1.82) is 0 Å². The van der Waals surface area contributed by atoms with Crippen molar-refractivity contribution >= 4 is 46.4 Å². The molecule has 44 heavy (non-hydrogen) atoms. The molecular formula is C29H16ClF6N3O5. The Morgan fingerprint density at radius 2 is 1.61 bits per heavy atom. The summed E-state index contributed by atoms with van der Waals surface area (Å²) in [5, 5.41) is 23.1. The van der Waals surface area contributed by atoms with E-state index in [-0.39, 0.29) is 28.3 Å². The molecule has 15 heteroatoms. The molecule has 5 rings (SSSR count). The second-order valence-corrected chi connectivity index (χ2v) is 9.61. The van der Waals surface area contributed by atoms with E-state index < -0.39 is 57.7 Å². The molecule has 8 nitrogen and oxygen atoms in total. The predicted molar refractivity (Wildman–Crippen MR) is 147 cm³/mol. The van der Waals surface area contributed by atoms with Crippen LogP contribution in [0.5, 0.6) is 11.5 Å². The Kier molecular flexibility index (Phi) is 7.63. The van der Waals surface area contributed by atoms with Gasteiger partial charge in [0.1, 0.15) is 11.5 Å². The number of phenols is 1. The second-order valence-electron chi connectivity index (χ2n) is 9.20. The lowest BCUT2D eigenvalue weighted by molar-refractivity contribution is -0.138. The summed E-state index contributed by atoms with van der Waals surface area (Å²) in [5.41, 5.74) is -0.887. The molecule has 4 aromatic rings. The number of fused-ring (bicyclic) bond motifs is 1. The number of carbonyl (C=O) groups is 2. The highest BCUT2D eigenvalue weighted by atomic mass is 35.5. The zero-order valence-corrected chi connectivity index (χ0v) is 22.4. The number of para-hydroxylation sites is 1. The van der Waals surface area contributed by atoms with Gasteiger partial charge in [0.15, 0.2) is 5.71 Å². The molecule has 0 saturated carbocycles. The van der Waals surface area contributed by atoms with Crippen LogP contribution in [0.4, 0.5) is 48.2 Å². The second kappa shape index (κ2) is 11.1. The van der Waals surface area contributed by atoms with Gasteiger partial charge in [0.2, 0.25) is 0 Å². The maximum absolute atomic E-state index is 13.6. The number of nitrogens with zero attached hydrogens (tertiary/aromatic N) is 2. The molecule has 4 aromatic carbocycles. The molecule has 226 valence electrons. The highest BCUT2D eigenvalue weighted by Gasteiger charge is 2.41. The number of rotatable bonds is 5. The molecule has 0 unspecified atom stereocenters. The number of alkyl halides is 6. The molecule has 0 aromatic heterocycles. The normalized spacial score (nSPS) is 14.1. The van der Waals surface area contributed by atoms with Gasteiger partial charge in [0.25, 0.3) is 5.91 Å². The number of carbonyl (C=O) groups excluding carboxylic acids is 1. The van der Waals surface area contributed by atoms with Crippen LogP contribution < -0.4 is 15.1 Å². The van der Waals surface area contributed by atoms with Crippen molar-refractivity contribution in [3.63, 3.8) is 0 Å². The average Bonchev–Trinajstić information content (AvgIpc) is 3.21. The number of benzene rings is 4. The highest BCUT2D eigenvalue weighted by molar-refractivity contribution is 6.55. The van der Waals surface area contributed by atoms with Crippen LogP contribution in [0.3, 0.4) is 0 Å². The molecule has 0 spiro atoms. The first-order valence-electron chi connectivity index (χ1n) is 12.2. The van der Waals surface area contributed by atoms with Crippen molar-refractivity contribution < 1.29 is 50.9 Å². The van der Waals surface area contributed by atoms with Gasteiger partial charge in [-0.3, -0.25) is 15.1 Å². The van der Waals surface area contributed by atoms with Crippen LogP contribution in [0.1, 0.15) is 16.7 Å². The third kappa shape index (κ3) is 5.83. The first kappa shape index (κ1) is 30.2. The van der Waals surface area contributed by atoms with Crippen LogP contribution in [0.15, 0.2) is 84.0 Å². The molecule has 0 radical (unpaired) electrons. The standard InChI is InChI=1S/C29H16ClF6N3O5/c30-21-10-8-16(13-20(21)29(34,35)36)39-23-12-15(28(31,32)33)7-9-19(23)24(26(39)41)38-37-22-6-2-5-18(25(22)40)14-3-1-4-17(11-14)44-27(42)43/h1-13,37,40H,(H,42,43). The summed E-state index contributed by atoms with van der Waals surface area (Å²) in [5.74, 6) is -1.49. The van der Waals surface area contributed by atoms with Gasteiger partial charge < -0.3 is 14.9 Å². The molecule has 0 atom stereocenters. The molecule has 0 aliphatic carbocycles. The van der Waals surface area contributed by atoms with Crippen LogP contribution in [-0.2, 0) is 17.1 Å². The number of halogens is 7. The Labute approximate surface area is 248 Å². The third-order valence-corrected chi connectivity index (χ3v) is 6.74. The molecule has 0 saturated heterocycles. The lowest BCUT2D eigenvalue weighted by atomic mass is 10.0. The maximum atomic E-state index is 13.6. The minimum absolute atomic E-state index is 0.0321. The first-order chi connectivity index (χ1) is 20.6. The third-order valence-electron chi connectivity index (χ3n) is 6.41. The molecular weight excluding hydrogens is 620 g/mol. The Bertz CT molecular complexity index is 1840. The van der Waals surface area contributed by atoms with Gasteiger partial charge in [-0.05, 0) is 60.2 Å². The Hall–Kier alpha value is -5.24. The number of aromatic hydroxyl groups is 1. The largest absolute Gasteiger partial charge is 0.511 e. The molecule has 3 N–H and O–H groups in total. The SMILES string of the molecule is O=C(O)Oc1cccc(-c2cccc(NN=C3C(=O)N(c4ccc(Cl)c(C(F)(F)F)c4)c4cc(C(F)(F)F)ccc43)c2O)c1. The number of nitrogens with one attached hydrogen (secondary N) is 1. The van der Waals surface area contributed by atoms with Gasteiger partial charge in [-0.2, -0.15) is 31.4 Å². The van der Waals surface area contributed by atoms with Crippen molar-refractivity contribution in [1.82, 2.24) is 0 Å². The van der Waals surface area contributed by atoms with E-state index in [2.05, 4.69) is 15.3 Å². The average molecular weight is 636 g/mol. The summed E-state index contributed by atoms with van der Waals surface area (Å²) in [6.45, 7) is 0. The van der Waals surface area contributed by atoms with Gasteiger partial charge in [-0.15, -0.1) is 0 Å². The fourth-order valence-corrected chi connectivity index (χ4v) is 4.69.